The van der Waals surface area contributed by atoms with Crippen molar-refractivity contribution in [2.24, 2.45) is 5.73 Å². The van der Waals surface area contributed by atoms with Crippen LogP contribution in [0.2, 0.25) is 0 Å². The number of benzene rings is 1. The molecule has 2 amide bonds. The number of carbonyl (C=O) groups is 2. The number of nitrogens with zero attached hydrogens (tertiary/aromatic N) is 2. The van der Waals surface area contributed by atoms with E-state index in [1.165, 1.54) is 24.3 Å². The maximum absolute atomic E-state index is 12.9. The van der Waals surface area contributed by atoms with E-state index < -0.39 is 6.10 Å². The van der Waals surface area contributed by atoms with E-state index in [0.717, 1.165) is 13.0 Å². The van der Waals surface area contributed by atoms with Gasteiger partial charge in [-0.1, -0.05) is 0 Å². The number of hydrogen-bond acceptors (Lipinski definition) is 4. The van der Waals surface area contributed by atoms with Crippen molar-refractivity contribution in [1.29, 1.82) is 0 Å². The molecule has 1 saturated heterocycles. The van der Waals surface area contributed by atoms with Crippen molar-refractivity contribution in [2.45, 2.75) is 19.4 Å². The molecule has 1 aromatic carbocycles. The SMILES string of the molecule is C[C@H](Oc1ccc(F)cc1)C(=O)N1CCCN(CC(N)=O)CC1. The first kappa shape index (κ1) is 17.2. The third-order valence-electron chi connectivity index (χ3n) is 3.75. The molecule has 23 heavy (non-hydrogen) atoms. The quantitative estimate of drug-likeness (QED) is 0.861. The van der Waals surface area contributed by atoms with E-state index in [1.807, 2.05) is 4.90 Å². The Morgan fingerprint density at radius 2 is 1.91 bits per heavy atom. The lowest BCUT2D eigenvalue weighted by Crippen LogP contribution is -2.43. The van der Waals surface area contributed by atoms with E-state index in [-0.39, 0.29) is 24.2 Å². The fourth-order valence-electron chi connectivity index (χ4n) is 2.59. The summed E-state index contributed by atoms with van der Waals surface area (Å²) in [5.74, 6) is -0.371. The molecule has 0 aliphatic carbocycles. The molecule has 0 aromatic heterocycles. The summed E-state index contributed by atoms with van der Waals surface area (Å²) in [7, 11) is 0. The highest BCUT2D eigenvalue weighted by Crippen LogP contribution is 2.14. The predicted molar refractivity (Wildman–Crippen MR) is 83.3 cm³/mol. The number of ether oxygens (including phenoxy) is 1. The van der Waals surface area contributed by atoms with E-state index in [1.54, 1.807) is 11.8 Å². The van der Waals surface area contributed by atoms with Crippen LogP contribution in [-0.4, -0.2) is 60.4 Å². The Hall–Kier alpha value is -2.15. The van der Waals surface area contributed by atoms with Crippen molar-refractivity contribution in [2.75, 3.05) is 32.7 Å². The van der Waals surface area contributed by atoms with Gasteiger partial charge in [0.2, 0.25) is 5.91 Å². The van der Waals surface area contributed by atoms with E-state index in [9.17, 15) is 14.0 Å². The Labute approximate surface area is 135 Å². The minimum Gasteiger partial charge on any atom is -0.481 e. The average Bonchev–Trinajstić information content (AvgIpc) is 2.73. The first-order chi connectivity index (χ1) is 11.0. The summed E-state index contributed by atoms with van der Waals surface area (Å²) >= 11 is 0. The van der Waals surface area contributed by atoms with Crippen LogP contribution in [0.1, 0.15) is 13.3 Å². The van der Waals surface area contributed by atoms with Gasteiger partial charge in [-0.15, -0.1) is 0 Å². The van der Waals surface area contributed by atoms with Crippen LogP contribution in [0.5, 0.6) is 5.75 Å². The Morgan fingerprint density at radius 3 is 2.57 bits per heavy atom. The van der Waals surface area contributed by atoms with Gasteiger partial charge in [-0.2, -0.15) is 0 Å². The largest absolute Gasteiger partial charge is 0.481 e. The normalized spacial score (nSPS) is 17.4. The lowest BCUT2D eigenvalue weighted by molar-refractivity contribution is -0.137. The first-order valence-electron chi connectivity index (χ1n) is 7.67. The highest BCUT2D eigenvalue weighted by Gasteiger charge is 2.25. The molecule has 2 N–H and O–H groups in total. The Morgan fingerprint density at radius 1 is 1.22 bits per heavy atom. The zero-order valence-electron chi connectivity index (χ0n) is 13.2. The minimum atomic E-state index is -0.650. The van der Waals surface area contributed by atoms with Crippen LogP contribution in [0.4, 0.5) is 4.39 Å². The van der Waals surface area contributed by atoms with Crippen LogP contribution in [0.3, 0.4) is 0 Å². The molecule has 1 aliphatic rings. The first-order valence-corrected chi connectivity index (χ1v) is 7.67. The molecule has 0 bridgehead atoms. The van der Waals surface area contributed by atoms with Crippen molar-refractivity contribution in [1.82, 2.24) is 9.80 Å². The zero-order valence-corrected chi connectivity index (χ0v) is 13.2. The Bertz CT molecular complexity index is 550. The molecule has 126 valence electrons. The van der Waals surface area contributed by atoms with E-state index in [4.69, 9.17) is 10.5 Å². The monoisotopic (exact) mass is 323 g/mol. The molecule has 2 rings (SSSR count). The van der Waals surface area contributed by atoms with Gasteiger partial charge in [0.15, 0.2) is 6.10 Å². The van der Waals surface area contributed by atoms with Crippen LogP contribution in [-0.2, 0) is 9.59 Å². The molecule has 0 spiro atoms. The van der Waals surface area contributed by atoms with Crippen molar-refractivity contribution in [3.63, 3.8) is 0 Å². The third-order valence-corrected chi connectivity index (χ3v) is 3.75. The van der Waals surface area contributed by atoms with Crippen molar-refractivity contribution < 1.29 is 18.7 Å². The van der Waals surface area contributed by atoms with Crippen LogP contribution in [0, 0.1) is 5.82 Å². The predicted octanol–water partition coefficient (Wildman–Crippen LogP) is 0.613. The Kier molecular flexibility index (Phi) is 5.92. The summed E-state index contributed by atoms with van der Waals surface area (Å²) in [5, 5.41) is 0. The molecular weight excluding hydrogens is 301 g/mol. The Balaban J connectivity index is 1.88. The molecule has 1 heterocycles. The van der Waals surface area contributed by atoms with Crippen LogP contribution >= 0.6 is 0 Å². The smallest absolute Gasteiger partial charge is 0.263 e. The molecule has 1 aromatic rings. The number of primary amides is 1. The molecule has 1 fully saturated rings. The van der Waals surface area contributed by atoms with Crippen molar-refractivity contribution >= 4 is 11.8 Å². The molecule has 0 saturated carbocycles. The number of rotatable bonds is 5. The summed E-state index contributed by atoms with van der Waals surface area (Å²) in [6, 6.07) is 5.58. The zero-order chi connectivity index (χ0) is 16.8. The maximum Gasteiger partial charge on any atom is 0.263 e. The van der Waals surface area contributed by atoms with Gasteiger partial charge < -0.3 is 15.4 Å². The fourth-order valence-corrected chi connectivity index (χ4v) is 2.59. The topological polar surface area (TPSA) is 75.9 Å². The van der Waals surface area contributed by atoms with Gasteiger partial charge in [-0.25, -0.2) is 4.39 Å². The van der Waals surface area contributed by atoms with E-state index in [0.29, 0.717) is 25.4 Å². The minimum absolute atomic E-state index is 0.116. The molecule has 1 aliphatic heterocycles. The summed E-state index contributed by atoms with van der Waals surface area (Å²) in [4.78, 5) is 27.1. The van der Waals surface area contributed by atoms with Gasteiger partial charge in [0.1, 0.15) is 11.6 Å². The average molecular weight is 323 g/mol. The molecule has 6 nitrogen and oxygen atoms in total. The molecule has 0 unspecified atom stereocenters. The summed E-state index contributed by atoms with van der Waals surface area (Å²) in [5.41, 5.74) is 5.21. The second-order valence-corrected chi connectivity index (χ2v) is 5.64. The van der Waals surface area contributed by atoms with Gasteiger partial charge in [0.25, 0.3) is 5.91 Å². The number of hydrogen-bond donors (Lipinski definition) is 1. The highest BCUT2D eigenvalue weighted by molar-refractivity contribution is 5.81. The summed E-state index contributed by atoms with van der Waals surface area (Å²) in [6.45, 7) is 4.38. The number of nitrogens with two attached hydrogens (primary N) is 1. The van der Waals surface area contributed by atoms with Gasteiger partial charge in [-0.3, -0.25) is 14.5 Å². The molecule has 0 radical (unpaired) electrons. The van der Waals surface area contributed by atoms with Crippen LogP contribution in [0.15, 0.2) is 24.3 Å². The summed E-state index contributed by atoms with van der Waals surface area (Å²) in [6.07, 6.45) is 0.130. The van der Waals surface area contributed by atoms with Gasteiger partial charge in [0.05, 0.1) is 6.54 Å². The lowest BCUT2D eigenvalue weighted by atomic mass is 10.3. The van der Waals surface area contributed by atoms with E-state index >= 15 is 0 Å². The van der Waals surface area contributed by atoms with Gasteiger partial charge in [-0.05, 0) is 37.6 Å². The van der Waals surface area contributed by atoms with Crippen molar-refractivity contribution in [3.8, 4) is 5.75 Å². The molecular formula is C16H22FN3O3. The summed E-state index contributed by atoms with van der Waals surface area (Å²) < 4.78 is 18.4. The maximum atomic E-state index is 12.9. The fraction of sp³-hybridized carbons (Fsp3) is 0.500. The third kappa shape index (κ3) is 5.21. The standard InChI is InChI=1S/C16H22FN3O3/c1-12(23-14-5-3-13(17)4-6-14)16(22)20-8-2-7-19(9-10-20)11-15(18)21/h3-6,12H,2,7-11H2,1H3,(H2,18,21)/t12-/m0/s1. The molecule has 1 atom stereocenters. The number of amides is 2. The van der Waals surface area contributed by atoms with Crippen LogP contribution < -0.4 is 10.5 Å². The molecule has 7 heteroatoms. The van der Waals surface area contributed by atoms with Gasteiger partial charge in [0, 0.05) is 26.2 Å². The van der Waals surface area contributed by atoms with E-state index in [2.05, 4.69) is 0 Å². The van der Waals surface area contributed by atoms with Gasteiger partial charge >= 0.3 is 0 Å². The lowest BCUT2D eigenvalue weighted by Gasteiger charge is -2.25. The second kappa shape index (κ2) is 7.92. The number of carbonyl (C=O) groups excluding carboxylic acids is 2. The second-order valence-electron chi connectivity index (χ2n) is 5.64. The number of halogens is 1. The highest BCUT2D eigenvalue weighted by atomic mass is 19.1. The van der Waals surface area contributed by atoms with Crippen LogP contribution in [0.25, 0.3) is 0 Å². The van der Waals surface area contributed by atoms with Crippen molar-refractivity contribution in [3.05, 3.63) is 30.1 Å².